The molecule has 0 fully saturated rings. The molecule has 0 aliphatic rings. The minimum absolute atomic E-state index is 0.00495. The largest absolute Gasteiger partial charge is 0.396 e. The molecular formula is C13H11F2N5OS2. The number of rotatable bonds is 6. The van der Waals surface area contributed by atoms with E-state index in [1.807, 2.05) is 0 Å². The van der Waals surface area contributed by atoms with Gasteiger partial charge in [-0.3, -0.25) is 0 Å². The number of H-pyrrole nitrogens is 1. The summed E-state index contributed by atoms with van der Waals surface area (Å²) in [6, 6.07) is 4.05. The highest BCUT2D eigenvalue weighted by molar-refractivity contribution is 7.99. The van der Waals surface area contributed by atoms with Crippen molar-refractivity contribution in [2.45, 2.75) is 15.9 Å². The van der Waals surface area contributed by atoms with Crippen LogP contribution in [-0.2, 0) is 5.75 Å². The van der Waals surface area contributed by atoms with Crippen molar-refractivity contribution in [1.82, 2.24) is 25.4 Å². The van der Waals surface area contributed by atoms with Gasteiger partial charge in [0, 0.05) is 17.1 Å². The van der Waals surface area contributed by atoms with Crippen molar-refractivity contribution in [2.24, 2.45) is 0 Å². The third kappa shape index (κ3) is 3.59. The SMILES string of the molecule is OCCSc1nc(SCc2cccc(F)c2F)nc2n[nH]nc12. The van der Waals surface area contributed by atoms with Gasteiger partial charge < -0.3 is 5.11 Å². The average Bonchev–Trinajstić information content (AvgIpc) is 3.02. The lowest BCUT2D eigenvalue weighted by atomic mass is 10.2. The summed E-state index contributed by atoms with van der Waals surface area (Å²) in [5.74, 6) is -1.09. The molecule has 0 saturated heterocycles. The Kier molecular flexibility index (Phi) is 5.03. The van der Waals surface area contributed by atoms with Gasteiger partial charge in [-0.15, -0.1) is 16.9 Å². The Labute approximate surface area is 138 Å². The summed E-state index contributed by atoms with van der Waals surface area (Å²) >= 11 is 2.50. The van der Waals surface area contributed by atoms with Crippen LogP contribution < -0.4 is 0 Å². The number of hydrogen-bond acceptors (Lipinski definition) is 7. The van der Waals surface area contributed by atoms with E-state index in [0.29, 0.717) is 27.1 Å². The monoisotopic (exact) mass is 355 g/mol. The highest BCUT2D eigenvalue weighted by Crippen LogP contribution is 2.27. The number of hydrogen-bond donors (Lipinski definition) is 2. The normalized spacial score (nSPS) is 11.3. The predicted molar refractivity (Wildman–Crippen MR) is 83.2 cm³/mol. The summed E-state index contributed by atoms with van der Waals surface area (Å²) in [5, 5.41) is 20.3. The number of aromatic amines is 1. The third-order valence-corrected chi connectivity index (χ3v) is 4.69. The third-order valence-electron chi connectivity index (χ3n) is 2.85. The quantitative estimate of drug-likeness (QED) is 0.399. The summed E-state index contributed by atoms with van der Waals surface area (Å²) in [6.45, 7) is 0.00495. The molecule has 2 N–H and O–H groups in total. The molecule has 2 heterocycles. The van der Waals surface area contributed by atoms with E-state index in [1.165, 1.54) is 35.7 Å². The van der Waals surface area contributed by atoms with Gasteiger partial charge in [0.1, 0.15) is 5.03 Å². The minimum Gasteiger partial charge on any atom is -0.396 e. The Bertz CT molecular complexity index is 829. The van der Waals surface area contributed by atoms with Gasteiger partial charge >= 0.3 is 0 Å². The molecule has 0 saturated carbocycles. The summed E-state index contributed by atoms with van der Waals surface area (Å²) < 4.78 is 26.9. The lowest BCUT2D eigenvalue weighted by Crippen LogP contribution is -1.96. The fourth-order valence-electron chi connectivity index (χ4n) is 1.81. The zero-order valence-electron chi connectivity index (χ0n) is 11.7. The zero-order valence-corrected chi connectivity index (χ0v) is 13.3. The van der Waals surface area contributed by atoms with E-state index in [9.17, 15) is 8.78 Å². The van der Waals surface area contributed by atoms with Crippen LogP contribution in [0.15, 0.2) is 28.4 Å². The first-order chi connectivity index (χ1) is 11.2. The van der Waals surface area contributed by atoms with Crippen LogP contribution in [0.25, 0.3) is 11.2 Å². The first-order valence-electron chi connectivity index (χ1n) is 6.57. The van der Waals surface area contributed by atoms with E-state index in [-0.39, 0.29) is 17.9 Å². The van der Waals surface area contributed by atoms with Gasteiger partial charge in [0.25, 0.3) is 0 Å². The standard InChI is InChI=1S/C13H11F2N5OS2/c14-8-3-1-2-7(9(8)15)6-23-13-16-11-10(18-20-19-11)12(17-13)22-5-4-21/h1-3,21H,4-6H2,(H,16,17,18,19,20). The van der Waals surface area contributed by atoms with E-state index in [1.54, 1.807) is 0 Å². The van der Waals surface area contributed by atoms with E-state index < -0.39 is 11.6 Å². The highest BCUT2D eigenvalue weighted by Gasteiger charge is 2.14. The van der Waals surface area contributed by atoms with Crippen LogP contribution in [0, 0.1) is 11.6 Å². The average molecular weight is 355 g/mol. The fourth-order valence-corrected chi connectivity index (χ4v) is 3.39. The maximum atomic E-state index is 13.7. The number of thioether (sulfide) groups is 2. The summed E-state index contributed by atoms with van der Waals surface area (Å²) in [4.78, 5) is 8.57. The van der Waals surface area contributed by atoms with Crippen molar-refractivity contribution in [1.29, 1.82) is 0 Å². The molecule has 3 rings (SSSR count). The topological polar surface area (TPSA) is 87.6 Å². The Hall–Kier alpha value is -1.78. The molecule has 0 amide bonds. The van der Waals surface area contributed by atoms with Crippen molar-refractivity contribution in [3.8, 4) is 0 Å². The molecule has 3 aromatic rings. The Morgan fingerprint density at radius 1 is 1.13 bits per heavy atom. The number of fused-ring (bicyclic) bond motifs is 1. The second-order valence-electron chi connectivity index (χ2n) is 4.38. The van der Waals surface area contributed by atoms with E-state index in [0.717, 1.165) is 6.07 Å². The van der Waals surface area contributed by atoms with Crippen molar-refractivity contribution in [2.75, 3.05) is 12.4 Å². The van der Waals surface area contributed by atoms with Crippen LogP contribution in [0.1, 0.15) is 5.56 Å². The molecule has 6 nitrogen and oxygen atoms in total. The molecule has 0 bridgehead atoms. The smallest absolute Gasteiger partial charge is 0.206 e. The number of aliphatic hydroxyl groups is 1. The second-order valence-corrected chi connectivity index (χ2v) is 6.41. The molecule has 23 heavy (non-hydrogen) atoms. The molecule has 0 atom stereocenters. The van der Waals surface area contributed by atoms with Gasteiger partial charge in [-0.05, 0) is 6.07 Å². The highest BCUT2D eigenvalue weighted by atomic mass is 32.2. The molecule has 0 aliphatic carbocycles. The molecule has 1 aromatic carbocycles. The van der Waals surface area contributed by atoms with Gasteiger partial charge in [0.15, 0.2) is 22.3 Å². The second kappa shape index (κ2) is 7.20. The number of aliphatic hydroxyl groups excluding tert-OH is 1. The van der Waals surface area contributed by atoms with Crippen LogP contribution >= 0.6 is 23.5 Å². The molecular weight excluding hydrogens is 344 g/mol. The van der Waals surface area contributed by atoms with Crippen molar-refractivity contribution in [3.05, 3.63) is 35.4 Å². The minimum atomic E-state index is -0.879. The van der Waals surface area contributed by atoms with Crippen LogP contribution in [-0.4, -0.2) is 42.8 Å². The Balaban J connectivity index is 1.83. The Morgan fingerprint density at radius 2 is 2.00 bits per heavy atom. The lowest BCUT2D eigenvalue weighted by Gasteiger charge is -2.05. The van der Waals surface area contributed by atoms with E-state index >= 15 is 0 Å². The predicted octanol–water partition coefficient (Wildman–Crippen LogP) is 2.40. The number of nitrogens with zero attached hydrogens (tertiary/aromatic N) is 4. The van der Waals surface area contributed by atoms with Gasteiger partial charge in [0.05, 0.1) is 6.61 Å². The van der Waals surface area contributed by atoms with E-state index in [4.69, 9.17) is 5.11 Å². The molecule has 0 spiro atoms. The molecule has 0 unspecified atom stereocenters. The van der Waals surface area contributed by atoms with Gasteiger partial charge in [-0.2, -0.15) is 15.3 Å². The molecule has 10 heteroatoms. The fraction of sp³-hybridized carbons (Fsp3) is 0.231. The maximum absolute atomic E-state index is 13.7. The Morgan fingerprint density at radius 3 is 2.83 bits per heavy atom. The summed E-state index contributed by atoms with van der Waals surface area (Å²) in [7, 11) is 0. The molecule has 2 aromatic heterocycles. The summed E-state index contributed by atoms with van der Waals surface area (Å²) in [6.07, 6.45) is 0. The van der Waals surface area contributed by atoms with Gasteiger partial charge in [-0.25, -0.2) is 13.8 Å². The maximum Gasteiger partial charge on any atom is 0.206 e. The lowest BCUT2D eigenvalue weighted by molar-refractivity contribution is 0.322. The first-order valence-corrected chi connectivity index (χ1v) is 8.54. The molecule has 0 radical (unpaired) electrons. The van der Waals surface area contributed by atoms with Crippen LogP contribution in [0.4, 0.5) is 8.78 Å². The van der Waals surface area contributed by atoms with Crippen LogP contribution in [0.3, 0.4) is 0 Å². The van der Waals surface area contributed by atoms with Crippen LogP contribution in [0.2, 0.25) is 0 Å². The van der Waals surface area contributed by atoms with Crippen molar-refractivity contribution < 1.29 is 13.9 Å². The molecule has 0 aliphatic heterocycles. The van der Waals surface area contributed by atoms with E-state index in [2.05, 4.69) is 25.4 Å². The van der Waals surface area contributed by atoms with Crippen molar-refractivity contribution in [3.63, 3.8) is 0 Å². The number of halogens is 2. The number of benzene rings is 1. The number of nitrogens with one attached hydrogen (secondary N) is 1. The van der Waals surface area contributed by atoms with Gasteiger partial charge in [-0.1, -0.05) is 23.9 Å². The first kappa shape index (κ1) is 16.1. The zero-order chi connectivity index (χ0) is 16.2. The van der Waals surface area contributed by atoms with Crippen molar-refractivity contribution >= 4 is 34.7 Å². The van der Waals surface area contributed by atoms with Crippen LogP contribution in [0.5, 0.6) is 0 Å². The number of aromatic nitrogens is 5. The summed E-state index contributed by atoms with van der Waals surface area (Å²) in [5.41, 5.74) is 1.15. The molecule has 120 valence electrons. The van der Waals surface area contributed by atoms with Gasteiger partial charge in [0.2, 0.25) is 5.65 Å².